The van der Waals surface area contributed by atoms with Gasteiger partial charge in [0.2, 0.25) is 0 Å². The summed E-state index contributed by atoms with van der Waals surface area (Å²) in [7, 11) is 0. The summed E-state index contributed by atoms with van der Waals surface area (Å²) in [5.74, 6) is -0.530. The van der Waals surface area contributed by atoms with Gasteiger partial charge < -0.3 is 10.2 Å². The van der Waals surface area contributed by atoms with Gasteiger partial charge in [-0.25, -0.2) is 8.78 Å². The van der Waals surface area contributed by atoms with Gasteiger partial charge in [0.1, 0.15) is 11.6 Å². The molecule has 2 saturated carbocycles. The molecule has 0 radical (unpaired) electrons. The second-order valence-corrected chi connectivity index (χ2v) is 25.2. The molecule has 4 aliphatic rings. The molecule has 0 aromatic heterocycles. The molecule has 2 nitrogen and oxygen atoms in total. The van der Waals surface area contributed by atoms with Crippen LogP contribution in [0.1, 0.15) is 47.9 Å². The van der Waals surface area contributed by atoms with E-state index in [2.05, 4.69) is 166 Å². The topological polar surface area (TPSA) is 15.3 Å². The smallest absolute Gasteiger partial charge is 0.148 e. The summed E-state index contributed by atoms with van der Waals surface area (Å²) < 4.78 is 33.3. The number of benzene rings is 14. The summed E-state index contributed by atoms with van der Waals surface area (Å²) in [6.07, 6.45) is 4.88. The highest BCUT2D eigenvalue weighted by Crippen LogP contribution is 2.64. The molecule has 0 amide bonds. The van der Waals surface area contributed by atoms with E-state index in [-0.39, 0.29) is 17.0 Å². The minimum atomic E-state index is -0.269. The summed E-state index contributed by atoms with van der Waals surface area (Å²) >= 11 is 3.72. The number of fused-ring (bicyclic) bond motifs is 8. The predicted octanol–water partition coefficient (Wildman–Crippen LogP) is 24.4. The van der Waals surface area contributed by atoms with Crippen molar-refractivity contribution in [2.24, 2.45) is 0 Å². The van der Waals surface area contributed by atoms with Crippen molar-refractivity contribution in [1.82, 2.24) is 0 Å². The number of nitrogens with one attached hydrogen (secondary N) is 1. The first-order valence-corrected chi connectivity index (χ1v) is 32.2. The van der Waals surface area contributed by atoms with Crippen molar-refractivity contribution in [3.8, 4) is 66.8 Å². The van der Waals surface area contributed by atoms with Gasteiger partial charge in [-0.1, -0.05) is 271 Å². The Morgan fingerprint density at radius 2 is 0.736 bits per heavy atom. The van der Waals surface area contributed by atoms with Crippen LogP contribution in [0.3, 0.4) is 0 Å². The van der Waals surface area contributed by atoms with E-state index in [1.54, 1.807) is 12.1 Å². The quantitative estimate of drug-likeness (QED) is 0.155. The molecule has 18 rings (SSSR count). The van der Waals surface area contributed by atoms with Gasteiger partial charge in [-0.3, -0.25) is 0 Å². The fourth-order valence-corrected chi connectivity index (χ4v) is 15.0. The van der Waals surface area contributed by atoms with Gasteiger partial charge in [0.15, 0.2) is 0 Å². The van der Waals surface area contributed by atoms with Crippen LogP contribution in [0.15, 0.2) is 320 Å². The molecular formula is C86H61BrF2N2. The standard InChI is InChI=1S/C43H30FN.C24H18FN.C19H13Br/c44-39-28-31(29-13-4-1-5-14-29)27-36(30-15-6-2-7-16-30)42(39)45(32-17-8-3-9-18-32)40-24-23-38-41-34(20-12-21-35(40)41)33-19-10-11-22-37(33)43(38)25-26-43;25-23-17-20(18-10-4-1-5-11-18)16-22(19-12-6-2-7-13-19)24(23)26-21-14-8-3-9-15-21;20-17-9-8-16-18-13(5-3-6-14(17)18)12-4-1-2-7-15(12)19(16)10-11-19/h1-24,27-28H,25-26H2;1-17,26H;1-9H,10-11H2. The average Bonchev–Trinajstić information content (AvgIpc) is 1.58. The number of nitrogens with zero attached hydrogens (tertiary/aromatic N) is 1. The summed E-state index contributed by atoms with van der Waals surface area (Å²) in [6.45, 7) is 0. The van der Waals surface area contributed by atoms with Crippen LogP contribution in [0.4, 0.5) is 37.2 Å². The normalized spacial score (nSPS) is 13.7. The molecule has 91 heavy (non-hydrogen) atoms. The molecular weight excluding hydrogens is 1180 g/mol. The lowest BCUT2D eigenvalue weighted by Crippen LogP contribution is -2.18. The number of halogens is 3. The minimum absolute atomic E-state index is 0.0666. The van der Waals surface area contributed by atoms with Crippen molar-refractivity contribution in [1.29, 1.82) is 0 Å². The number of para-hydroxylation sites is 2. The van der Waals surface area contributed by atoms with Crippen molar-refractivity contribution in [3.63, 3.8) is 0 Å². The molecule has 4 aliphatic carbocycles. The fourth-order valence-electron chi connectivity index (χ4n) is 14.6. The molecule has 14 aromatic rings. The average molecular weight is 1240 g/mol. The van der Waals surface area contributed by atoms with Crippen LogP contribution in [0, 0.1) is 11.6 Å². The highest BCUT2D eigenvalue weighted by Gasteiger charge is 2.51. The Morgan fingerprint density at radius 1 is 0.319 bits per heavy atom. The zero-order chi connectivity index (χ0) is 61.0. The van der Waals surface area contributed by atoms with E-state index in [9.17, 15) is 0 Å². The largest absolute Gasteiger partial charge is 0.353 e. The lowest BCUT2D eigenvalue weighted by atomic mass is 9.74. The van der Waals surface area contributed by atoms with Crippen molar-refractivity contribution in [2.45, 2.75) is 36.5 Å². The molecule has 0 bridgehead atoms. The van der Waals surface area contributed by atoms with Crippen molar-refractivity contribution < 1.29 is 8.78 Å². The van der Waals surface area contributed by atoms with Crippen molar-refractivity contribution in [2.75, 3.05) is 10.2 Å². The van der Waals surface area contributed by atoms with Crippen molar-refractivity contribution >= 4 is 65.9 Å². The van der Waals surface area contributed by atoms with Gasteiger partial charge in [-0.2, -0.15) is 0 Å². The van der Waals surface area contributed by atoms with Gasteiger partial charge >= 0.3 is 0 Å². The Labute approximate surface area is 538 Å². The molecule has 2 spiro atoms. The van der Waals surface area contributed by atoms with E-state index in [0.717, 1.165) is 79.8 Å². The van der Waals surface area contributed by atoms with E-state index < -0.39 is 0 Å². The van der Waals surface area contributed by atoms with Crippen LogP contribution in [-0.2, 0) is 10.8 Å². The monoisotopic (exact) mass is 1240 g/mol. The van der Waals surface area contributed by atoms with E-state index in [4.69, 9.17) is 0 Å². The van der Waals surface area contributed by atoms with Gasteiger partial charge in [-0.15, -0.1) is 0 Å². The van der Waals surface area contributed by atoms with Crippen LogP contribution in [0.5, 0.6) is 0 Å². The maximum atomic E-state index is 17.0. The third kappa shape index (κ3) is 9.92. The third-order valence-electron chi connectivity index (χ3n) is 19.1. The number of hydrogen-bond acceptors (Lipinski definition) is 2. The zero-order valence-electron chi connectivity index (χ0n) is 49.9. The van der Waals surface area contributed by atoms with Crippen molar-refractivity contribution in [3.05, 3.63) is 354 Å². The predicted molar refractivity (Wildman–Crippen MR) is 379 cm³/mol. The maximum Gasteiger partial charge on any atom is 0.148 e. The molecule has 0 aliphatic heterocycles. The molecule has 0 heterocycles. The van der Waals surface area contributed by atoms with Crippen LogP contribution < -0.4 is 10.2 Å². The third-order valence-corrected chi connectivity index (χ3v) is 19.8. The molecule has 0 unspecified atom stereocenters. The van der Waals surface area contributed by atoms with Gasteiger partial charge in [-0.05, 0) is 180 Å². The van der Waals surface area contributed by atoms with Crippen LogP contribution >= 0.6 is 15.9 Å². The zero-order valence-corrected chi connectivity index (χ0v) is 51.5. The van der Waals surface area contributed by atoms with Gasteiger partial charge in [0, 0.05) is 43.2 Å². The molecule has 1 N–H and O–H groups in total. The Balaban J connectivity index is 0.000000121. The van der Waals surface area contributed by atoms with E-state index in [1.165, 1.54) is 78.0 Å². The first-order chi connectivity index (χ1) is 44.8. The molecule has 2 fully saturated rings. The summed E-state index contributed by atoms with van der Waals surface area (Å²) in [6, 6.07) is 108. The highest BCUT2D eigenvalue weighted by atomic mass is 79.9. The Bertz CT molecular complexity index is 5050. The number of anilines is 5. The van der Waals surface area contributed by atoms with Gasteiger partial charge in [0.25, 0.3) is 0 Å². The fraction of sp³-hybridized carbons (Fsp3) is 0.0698. The molecule has 436 valence electrons. The summed E-state index contributed by atoms with van der Waals surface area (Å²) in [5.41, 5.74) is 22.8. The maximum absolute atomic E-state index is 17.0. The van der Waals surface area contributed by atoms with Crippen LogP contribution in [0.25, 0.3) is 88.3 Å². The lowest BCUT2D eigenvalue weighted by Gasteiger charge is -2.33. The number of hydrogen-bond donors (Lipinski definition) is 1. The van der Waals surface area contributed by atoms with E-state index >= 15 is 8.78 Å². The first-order valence-electron chi connectivity index (χ1n) is 31.4. The lowest BCUT2D eigenvalue weighted by molar-refractivity contribution is 0.630. The van der Waals surface area contributed by atoms with Crippen LogP contribution in [0.2, 0.25) is 0 Å². The Kier molecular flexibility index (Phi) is 14.2. The highest BCUT2D eigenvalue weighted by molar-refractivity contribution is 9.10. The molecule has 0 saturated heterocycles. The van der Waals surface area contributed by atoms with E-state index in [1.807, 2.05) is 164 Å². The molecule has 0 atom stereocenters. The second-order valence-electron chi connectivity index (χ2n) is 24.3. The summed E-state index contributed by atoms with van der Waals surface area (Å²) in [5, 5.41) is 8.47. The molecule has 5 heteroatoms. The van der Waals surface area contributed by atoms with Crippen LogP contribution in [-0.4, -0.2) is 0 Å². The first kappa shape index (κ1) is 55.8. The summed E-state index contributed by atoms with van der Waals surface area (Å²) in [4.78, 5) is 2.13. The molecule has 14 aromatic carbocycles. The van der Waals surface area contributed by atoms with E-state index in [0.29, 0.717) is 16.8 Å². The Morgan fingerprint density at radius 3 is 1.27 bits per heavy atom. The second kappa shape index (κ2) is 23.2. The Hall–Kier alpha value is -10.5. The minimum Gasteiger partial charge on any atom is -0.353 e. The SMILES string of the molecule is Brc1ccc2c3c(cccc13)-c1ccccc1C21CC1.Fc1cc(-c2ccccc2)cc(-c2ccccc2)c1N(c1ccccc1)c1ccc2c3c(cccc13)-c1ccccc1C21CC1.Fc1cc(-c2ccccc2)cc(-c2ccccc2)c1Nc1ccccc1. The van der Waals surface area contributed by atoms with Gasteiger partial charge in [0.05, 0.1) is 17.1 Å². The number of rotatable bonds is 9.